The number of unbranched alkanes of at least 4 members (excludes halogenated alkanes) is 57. The molecule has 476 valence electrons. The van der Waals surface area contributed by atoms with E-state index < -0.39 is 12.1 Å². The van der Waals surface area contributed by atoms with Crippen LogP contribution in [0.1, 0.15) is 425 Å². The molecule has 0 aromatic carbocycles. The number of aliphatic hydroxyl groups is 2. The zero-order valence-corrected chi connectivity index (χ0v) is 54.6. The van der Waals surface area contributed by atoms with Crippen molar-refractivity contribution in [1.29, 1.82) is 0 Å². The maximum absolute atomic E-state index is 12.6. The molecule has 0 radical (unpaired) electrons. The van der Waals surface area contributed by atoms with Gasteiger partial charge in [-0.05, 0) is 51.4 Å². The van der Waals surface area contributed by atoms with Crippen LogP contribution >= 0.6 is 0 Å². The molecule has 3 N–H and O–H groups in total. The fourth-order valence-electron chi connectivity index (χ4n) is 11.9. The predicted molar refractivity (Wildman–Crippen MR) is 352 cm³/mol. The Morgan fingerprint density at radius 1 is 0.338 bits per heavy atom. The summed E-state index contributed by atoms with van der Waals surface area (Å²) in [5.74, 6) is -0.0181. The number of nitrogens with one attached hydrogen (secondary N) is 1. The van der Waals surface area contributed by atoms with Crippen molar-refractivity contribution in [2.24, 2.45) is 0 Å². The van der Waals surface area contributed by atoms with Crippen LogP contribution in [0.3, 0.4) is 0 Å². The molecule has 0 aliphatic heterocycles. The fraction of sp³-hybridized carbons (Fsp3) is 0.946. The van der Waals surface area contributed by atoms with Gasteiger partial charge in [0.25, 0.3) is 0 Å². The SMILES string of the molecule is CCCCCCCC/C=C\CCCCCCCCCC(=O)OCCCCCCCCCCCCCCCCCCCCCCCCC(=O)NC(CO)C(O)CCCCCCCCCCCCCCCCCCCCCCCCCC. The summed E-state index contributed by atoms with van der Waals surface area (Å²) in [6, 6.07) is -0.543. The largest absolute Gasteiger partial charge is 0.466 e. The average molecular weight is 1130 g/mol. The smallest absolute Gasteiger partial charge is 0.305 e. The van der Waals surface area contributed by atoms with Gasteiger partial charge in [0, 0.05) is 12.8 Å². The van der Waals surface area contributed by atoms with Gasteiger partial charge < -0.3 is 20.3 Å². The summed E-state index contributed by atoms with van der Waals surface area (Å²) < 4.78 is 5.50. The molecule has 0 rings (SSSR count). The van der Waals surface area contributed by atoms with Crippen molar-refractivity contribution < 1.29 is 24.5 Å². The number of carbonyl (C=O) groups is 2. The minimum Gasteiger partial charge on any atom is -0.466 e. The van der Waals surface area contributed by atoms with Crippen molar-refractivity contribution in [1.82, 2.24) is 5.32 Å². The number of hydrogen-bond donors (Lipinski definition) is 3. The number of rotatable bonds is 70. The third kappa shape index (κ3) is 65.7. The summed E-state index contributed by atoms with van der Waals surface area (Å²) in [6.45, 7) is 4.99. The summed E-state index contributed by atoms with van der Waals surface area (Å²) in [5, 5.41) is 23.5. The van der Waals surface area contributed by atoms with E-state index in [9.17, 15) is 19.8 Å². The van der Waals surface area contributed by atoms with Crippen LogP contribution in [-0.2, 0) is 14.3 Å². The molecule has 0 heterocycles. The first-order valence-electron chi connectivity index (χ1n) is 36.9. The zero-order chi connectivity index (χ0) is 57.8. The first kappa shape index (κ1) is 78.6. The lowest BCUT2D eigenvalue weighted by molar-refractivity contribution is -0.143. The van der Waals surface area contributed by atoms with E-state index in [1.165, 1.54) is 347 Å². The Bertz CT molecular complexity index is 1210. The highest BCUT2D eigenvalue weighted by molar-refractivity contribution is 5.76. The predicted octanol–water partition coefficient (Wildman–Crippen LogP) is 23.9. The first-order chi connectivity index (χ1) is 39.5. The Hall–Kier alpha value is -1.40. The highest BCUT2D eigenvalue weighted by Crippen LogP contribution is 2.20. The van der Waals surface area contributed by atoms with Crippen LogP contribution in [0.25, 0.3) is 0 Å². The van der Waals surface area contributed by atoms with Crippen molar-refractivity contribution >= 4 is 11.9 Å². The van der Waals surface area contributed by atoms with Gasteiger partial charge in [-0.1, -0.05) is 373 Å². The van der Waals surface area contributed by atoms with Crippen molar-refractivity contribution in [2.75, 3.05) is 13.2 Å². The number of allylic oxidation sites excluding steroid dienone is 2. The zero-order valence-electron chi connectivity index (χ0n) is 54.6. The number of aliphatic hydroxyl groups excluding tert-OH is 2. The van der Waals surface area contributed by atoms with Crippen LogP contribution in [0, 0.1) is 0 Å². The molecular weight excluding hydrogens is 983 g/mol. The third-order valence-corrected chi connectivity index (χ3v) is 17.6. The van der Waals surface area contributed by atoms with E-state index in [4.69, 9.17) is 4.74 Å². The van der Waals surface area contributed by atoms with Crippen LogP contribution in [0.4, 0.5) is 0 Å². The lowest BCUT2D eigenvalue weighted by Crippen LogP contribution is -2.45. The van der Waals surface area contributed by atoms with Gasteiger partial charge in [-0.15, -0.1) is 0 Å². The highest BCUT2D eigenvalue weighted by Gasteiger charge is 2.20. The van der Waals surface area contributed by atoms with Gasteiger partial charge in [0.05, 0.1) is 25.4 Å². The van der Waals surface area contributed by atoms with Gasteiger partial charge in [-0.2, -0.15) is 0 Å². The molecule has 0 bridgehead atoms. The van der Waals surface area contributed by atoms with E-state index in [0.29, 0.717) is 25.9 Å². The number of ether oxygens (including phenoxy) is 1. The van der Waals surface area contributed by atoms with Crippen molar-refractivity contribution in [3.63, 3.8) is 0 Å². The Morgan fingerprint density at radius 2 is 0.588 bits per heavy atom. The molecule has 0 fully saturated rings. The van der Waals surface area contributed by atoms with E-state index in [0.717, 1.165) is 44.9 Å². The Balaban J connectivity index is 3.37. The molecule has 6 heteroatoms. The second-order valence-corrected chi connectivity index (χ2v) is 25.6. The number of amides is 1. The van der Waals surface area contributed by atoms with E-state index >= 15 is 0 Å². The minimum atomic E-state index is -0.666. The number of esters is 1. The normalized spacial score (nSPS) is 12.5. The quantitative estimate of drug-likeness (QED) is 0.0320. The summed E-state index contributed by atoms with van der Waals surface area (Å²) in [6.07, 6.45) is 86.9. The van der Waals surface area contributed by atoms with Crippen molar-refractivity contribution in [3.8, 4) is 0 Å². The molecule has 6 nitrogen and oxygen atoms in total. The van der Waals surface area contributed by atoms with E-state index in [-0.39, 0.29) is 18.5 Å². The minimum absolute atomic E-state index is 0.0115. The van der Waals surface area contributed by atoms with Crippen molar-refractivity contribution in [2.45, 2.75) is 437 Å². The summed E-state index contributed by atoms with van der Waals surface area (Å²) >= 11 is 0. The van der Waals surface area contributed by atoms with Gasteiger partial charge in [0.15, 0.2) is 0 Å². The lowest BCUT2D eigenvalue weighted by atomic mass is 10.0. The average Bonchev–Trinajstić information content (AvgIpc) is 3.46. The van der Waals surface area contributed by atoms with Crippen LogP contribution in [0.15, 0.2) is 12.2 Å². The van der Waals surface area contributed by atoms with Crippen LogP contribution in [-0.4, -0.2) is 47.4 Å². The molecule has 2 atom stereocenters. The molecule has 0 aliphatic rings. The fourth-order valence-corrected chi connectivity index (χ4v) is 11.9. The maximum atomic E-state index is 12.6. The molecule has 2 unspecified atom stereocenters. The second kappa shape index (κ2) is 70.1. The van der Waals surface area contributed by atoms with Crippen LogP contribution < -0.4 is 5.32 Å². The van der Waals surface area contributed by atoms with Gasteiger partial charge in [-0.3, -0.25) is 9.59 Å². The number of carbonyl (C=O) groups excluding carboxylic acids is 2. The summed E-state index contributed by atoms with van der Waals surface area (Å²) in [4.78, 5) is 24.7. The lowest BCUT2D eigenvalue weighted by Gasteiger charge is -2.22. The monoisotopic (exact) mass is 1130 g/mol. The van der Waals surface area contributed by atoms with Crippen molar-refractivity contribution in [3.05, 3.63) is 12.2 Å². The molecule has 0 aromatic rings. The first-order valence-corrected chi connectivity index (χ1v) is 36.9. The topological polar surface area (TPSA) is 95.9 Å². The molecule has 0 aromatic heterocycles. The molecule has 0 aliphatic carbocycles. The van der Waals surface area contributed by atoms with E-state index in [1.807, 2.05) is 0 Å². The van der Waals surface area contributed by atoms with Gasteiger partial charge in [0.2, 0.25) is 5.91 Å². The summed E-state index contributed by atoms with van der Waals surface area (Å²) in [5.41, 5.74) is 0. The maximum Gasteiger partial charge on any atom is 0.305 e. The van der Waals surface area contributed by atoms with Crippen LogP contribution in [0.2, 0.25) is 0 Å². The molecular formula is C74H145NO5. The van der Waals surface area contributed by atoms with Gasteiger partial charge >= 0.3 is 5.97 Å². The Labute approximate surface area is 501 Å². The Kier molecular flexibility index (Phi) is 68.9. The standard InChI is InChI=1S/C74H145NO5/c1-3-5-7-9-11-13-15-17-19-21-22-23-24-25-28-31-35-38-42-46-50-54-58-62-66-72(77)71(70-76)75-73(78)67-63-59-55-51-47-43-39-36-32-29-26-27-30-33-37-41-45-49-53-57-61-65-69-80-74(79)68-64-60-56-52-48-44-40-34-20-18-16-14-12-10-8-6-4-2/h18,20,71-72,76-77H,3-17,19,21-70H2,1-2H3,(H,75,78)/b20-18-. The molecule has 80 heavy (non-hydrogen) atoms. The number of hydrogen-bond acceptors (Lipinski definition) is 5. The van der Waals surface area contributed by atoms with Gasteiger partial charge in [0.1, 0.15) is 0 Å². The highest BCUT2D eigenvalue weighted by atomic mass is 16.5. The third-order valence-electron chi connectivity index (χ3n) is 17.6. The Morgan fingerprint density at radius 3 is 0.887 bits per heavy atom. The molecule has 0 spiro atoms. The van der Waals surface area contributed by atoms with E-state index in [2.05, 4.69) is 31.3 Å². The van der Waals surface area contributed by atoms with Crippen LogP contribution in [0.5, 0.6) is 0 Å². The molecule has 0 saturated heterocycles. The molecule has 1 amide bonds. The van der Waals surface area contributed by atoms with E-state index in [1.54, 1.807) is 0 Å². The summed E-state index contributed by atoms with van der Waals surface area (Å²) in [7, 11) is 0. The van der Waals surface area contributed by atoms with Gasteiger partial charge in [-0.25, -0.2) is 0 Å². The molecule has 0 saturated carbocycles. The second-order valence-electron chi connectivity index (χ2n) is 25.6.